The average molecular weight is 536 g/mol. The predicted octanol–water partition coefficient (Wildman–Crippen LogP) is 5.24. The van der Waals surface area contributed by atoms with E-state index in [-0.39, 0.29) is 24.1 Å². The van der Waals surface area contributed by atoms with Gasteiger partial charge in [0.05, 0.1) is 11.7 Å². The van der Waals surface area contributed by atoms with E-state index in [1.807, 2.05) is 24.3 Å². The van der Waals surface area contributed by atoms with Gasteiger partial charge in [0, 0.05) is 51.8 Å². The summed E-state index contributed by atoms with van der Waals surface area (Å²) in [6.07, 6.45) is 1.31. The lowest BCUT2D eigenvalue weighted by Gasteiger charge is -2.31. The molecule has 2 aromatic carbocycles. The van der Waals surface area contributed by atoms with Crippen LogP contribution in [0.1, 0.15) is 24.0 Å². The average Bonchev–Trinajstić information content (AvgIpc) is 2.77. The van der Waals surface area contributed by atoms with E-state index in [0.717, 1.165) is 11.5 Å². The highest BCUT2D eigenvalue weighted by molar-refractivity contribution is 7.98. The molecule has 0 saturated carbocycles. The molecule has 1 aliphatic heterocycles. The van der Waals surface area contributed by atoms with Crippen molar-refractivity contribution >= 4 is 62.5 Å². The van der Waals surface area contributed by atoms with Crippen LogP contribution in [0.4, 0.5) is 0 Å². The molecular formula is C22H25Cl3N2O3S2. The smallest absolute Gasteiger partial charge is 0.224 e. The quantitative estimate of drug-likeness (QED) is 0.446. The second-order valence-electron chi connectivity index (χ2n) is 7.62. The van der Waals surface area contributed by atoms with Gasteiger partial charge in [0.25, 0.3) is 0 Å². The first kappa shape index (κ1) is 25.7. The van der Waals surface area contributed by atoms with Crippen molar-refractivity contribution in [2.75, 3.05) is 25.4 Å². The highest BCUT2D eigenvalue weighted by atomic mass is 35.5. The lowest BCUT2D eigenvalue weighted by Crippen LogP contribution is -2.46. The van der Waals surface area contributed by atoms with Crippen molar-refractivity contribution in [3.05, 3.63) is 68.7 Å². The van der Waals surface area contributed by atoms with Gasteiger partial charge in [-0.05, 0) is 42.7 Å². The van der Waals surface area contributed by atoms with Gasteiger partial charge in [-0.25, -0.2) is 12.7 Å². The Morgan fingerprint density at radius 3 is 2.47 bits per heavy atom. The van der Waals surface area contributed by atoms with E-state index in [1.54, 1.807) is 30.0 Å². The molecule has 1 fully saturated rings. The third-order valence-electron chi connectivity index (χ3n) is 5.26. The van der Waals surface area contributed by atoms with Crippen molar-refractivity contribution in [3.63, 3.8) is 0 Å². The molecule has 32 heavy (non-hydrogen) atoms. The molecular weight excluding hydrogens is 511 g/mol. The lowest BCUT2D eigenvalue weighted by molar-refractivity contribution is -0.125. The summed E-state index contributed by atoms with van der Waals surface area (Å²) in [5.74, 6) is 0.872. The molecule has 1 heterocycles. The summed E-state index contributed by atoms with van der Waals surface area (Å²) in [6.45, 7) is 1.11. The van der Waals surface area contributed by atoms with Gasteiger partial charge in [-0.15, -0.1) is 0 Å². The maximum absolute atomic E-state index is 12.9. The fourth-order valence-electron chi connectivity index (χ4n) is 3.51. The number of benzene rings is 2. The summed E-state index contributed by atoms with van der Waals surface area (Å²) < 4.78 is 27.3. The molecule has 0 spiro atoms. The molecule has 0 aliphatic carbocycles. The third kappa shape index (κ3) is 7.27. The summed E-state index contributed by atoms with van der Waals surface area (Å²) in [5, 5.41) is 4.30. The molecule has 1 atom stereocenters. The Morgan fingerprint density at radius 1 is 1.09 bits per heavy atom. The molecule has 174 valence electrons. The summed E-state index contributed by atoms with van der Waals surface area (Å²) in [6, 6.07) is 12.6. The van der Waals surface area contributed by atoms with E-state index in [4.69, 9.17) is 34.8 Å². The fourth-order valence-corrected chi connectivity index (χ4v) is 6.82. The molecule has 1 amide bonds. The molecule has 1 aliphatic rings. The molecule has 1 saturated heterocycles. The van der Waals surface area contributed by atoms with Crippen LogP contribution in [0.2, 0.25) is 15.1 Å². The number of sulfonamides is 1. The topological polar surface area (TPSA) is 66.5 Å². The van der Waals surface area contributed by atoms with E-state index in [2.05, 4.69) is 5.32 Å². The second-order valence-corrected chi connectivity index (χ2v) is 11.9. The maximum atomic E-state index is 12.9. The minimum Gasteiger partial charge on any atom is -0.355 e. The number of carbonyl (C=O) groups excluding carboxylic acids is 1. The van der Waals surface area contributed by atoms with Crippen LogP contribution in [0.15, 0.2) is 42.5 Å². The van der Waals surface area contributed by atoms with Crippen molar-refractivity contribution in [1.29, 1.82) is 0 Å². The molecule has 0 aromatic heterocycles. The number of hydrogen-bond donors (Lipinski definition) is 1. The first-order valence-corrected chi connectivity index (χ1v) is 14.2. The van der Waals surface area contributed by atoms with Crippen LogP contribution in [-0.4, -0.2) is 44.0 Å². The molecule has 2 aromatic rings. The Morgan fingerprint density at radius 2 is 1.78 bits per heavy atom. The molecule has 3 rings (SSSR count). The zero-order chi connectivity index (χ0) is 23.1. The van der Waals surface area contributed by atoms with Crippen LogP contribution >= 0.6 is 46.6 Å². The highest BCUT2D eigenvalue weighted by Crippen LogP contribution is 2.29. The largest absolute Gasteiger partial charge is 0.355 e. The lowest BCUT2D eigenvalue weighted by atomic mass is 9.99. The third-order valence-corrected chi connectivity index (χ3v) is 9.03. The first-order chi connectivity index (χ1) is 15.3. The Labute approximate surface area is 208 Å². The Hall–Kier alpha value is -0.960. The van der Waals surface area contributed by atoms with E-state index in [1.165, 1.54) is 9.87 Å². The van der Waals surface area contributed by atoms with Crippen LogP contribution in [0.5, 0.6) is 0 Å². The number of nitrogens with one attached hydrogen (secondary N) is 1. The number of halogens is 3. The minimum absolute atomic E-state index is 0.104. The van der Waals surface area contributed by atoms with Crippen LogP contribution in [-0.2, 0) is 26.3 Å². The van der Waals surface area contributed by atoms with E-state index in [0.29, 0.717) is 46.6 Å². The molecule has 1 N–H and O–H groups in total. The summed E-state index contributed by atoms with van der Waals surface area (Å²) in [5.41, 5.74) is 1.57. The SMILES string of the molecule is O=C(NCCSCc1ccc(Cl)cc1)C1CCCN(S(=O)(=O)Cc2c(Cl)cccc2Cl)C1. The van der Waals surface area contributed by atoms with E-state index < -0.39 is 10.0 Å². The standard InChI is InChI=1S/C22H25Cl3N2O3S2/c23-18-8-6-16(7-9-18)14-31-12-10-26-22(28)17-3-2-11-27(13-17)32(29,30)15-19-20(24)4-1-5-21(19)25/h1,4-9,17H,2-3,10-15H2,(H,26,28). The molecule has 10 heteroatoms. The number of rotatable bonds is 9. The maximum Gasteiger partial charge on any atom is 0.224 e. The molecule has 0 bridgehead atoms. The van der Waals surface area contributed by atoms with Crippen molar-refractivity contribution in [1.82, 2.24) is 9.62 Å². The number of amides is 1. The van der Waals surface area contributed by atoms with Crippen molar-refractivity contribution < 1.29 is 13.2 Å². The van der Waals surface area contributed by atoms with Gasteiger partial charge < -0.3 is 5.32 Å². The zero-order valence-electron chi connectivity index (χ0n) is 17.4. The Bertz CT molecular complexity index is 1010. The van der Waals surface area contributed by atoms with Crippen molar-refractivity contribution in [2.45, 2.75) is 24.3 Å². The van der Waals surface area contributed by atoms with E-state index in [9.17, 15) is 13.2 Å². The van der Waals surface area contributed by atoms with Gasteiger partial charge in [-0.1, -0.05) is 53.0 Å². The summed E-state index contributed by atoms with van der Waals surface area (Å²) in [4.78, 5) is 12.6. The van der Waals surface area contributed by atoms with Gasteiger partial charge >= 0.3 is 0 Å². The number of nitrogens with zero attached hydrogens (tertiary/aromatic N) is 1. The molecule has 0 radical (unpaired) electrons. The number of thioether (sulfide) groups is 1. The van der Waals surface area contributed by atoms with Crippen molar-refractivity contribution in [3.8, 4) is 0 Å². The summed E-state index contributed by atoms with van der Waals surface area (Å²) in [7, 11) is -3.64. The highest BCUT2D eigenvalue weighted by Gasteiger charge is 2.33. The second kappa shape index (κ2) is 12.0. The Kier molecular flexibility index (Phi) is 9.58. The fraction of sp³-hybridized carbons (Fsp3) is 0.409. The van der Waals surface area contributed by atoms with Crippen LogP contribution in [0.25, 0.3) is 0 Å². The zero-order valence-corrected chi connectivity index (χ0v) is 21.3. The van der Waals surface area contributed by atoms with Crippen LogP contribution in [0, 0.1) is 5.92 Å². The number of hydrogen-bond acceptors (Lipinski definition) is 4. The van der Waals surface area contributed by atoms with Crippen LogP contribution in [0.3, 0.4) is 0 Å². The van der Waals surface area contributed by atoms with E-state index >= 15 is 0 Å². The van der Waals surface area contributed by atoms with Gasteiger partial charge in [-0.3, -0.25) is 4.79 Å². The van der Waals surface area contributed by atoms with Gasteiger partial charge in [0.15, 0.2) is 0 Å². The van der Waals surface area contributed by atoms with Crippen LogP contribution < -0.4 is 5.32 Å². The first-order valence-electron chi connectivity index (χ1n) is 10.3. The van der Waals surface area contributed by atoms with Gasteiger partial charge in [0.1, 0.15) is 0 Å². The minimum atomic E-state index is -3.64. The molecule has 5 nitrogen and oxygen atoms in total. The van der Waals surface area contributed by atoms with Crippen molar-refractivity contribution in [2.24, 2.45) is 5.92 Å². The predicted molar refractivity (Wildman–Crippen MR) is 134 cm³/mol. The summed E-state index contributed by atoms with van der Waals surface area (Å²) >= 11 is 19.9. The normalized spacial score (nSPS) is 17.3. The Balaban J connectivity index is 1.47. The molecule has 1 unspecified atom stereocenters. The monoisotopic (exact) mass is 534 g/mol. The number of carbonyl (C=O) groups is 1. The van der Waals surface area contributed by atoms with Gasteiger partial charge in [-0.2, -0.15) is 11.8 Å². The number of piperidine rings is 1. The van der Waals surface area contributed by atoms with Gasteiger partial charge in [0.2, 0.25) is 15.9 Å².